The largest absolute Gasteiger partial charge is 0.329 e. The fourth-order valence-electron chi connectivity index (χ4n) is 2.86. The lowest BCUT2D eigenvalue weighted by Crippen LogP contribution is -2.15. The van der Waals surface area contributed by atoms with E-state index in [-0.39, 0.29) is 5.91 Å². The summed E-state index contributed by atoms with van der Waals surface area (Å²) in [5.74, 6) is 0.196. The summed E-state index contributed by atoms with van der Waals surface area (Å²) in [5.41, 5.74) is 3.07. The Labute approximate surface area is 173 Å². The normalized spacial score (nSPS) is 11.9. The first-order valence-electron chi connectivity index (χ1n) is 8.72. The van der Waals surface area contributed by atoms with Gasteiger partial charge in [0.25, 0.3) is 5.91 Å². The molecule has 0 radical (unpaired) electrons. The zero-order valence-corrected chi connectivity index (χ0v) is 17.3. The number of aryl methyl sites for hydroxylation is 1. The van der Waals surface area contributed by atoms with E-state index in [1.165, 1.54) is 11.5 Å². The van der Waals surface area contributed by atoms with Crippen molar-refractivity contribution in [2.75, 3.05) is 16.9 Å². The third-order valence-corrected chi connectivity index (χ3v) is 6.05. The number of aromatic nitrogens is 3. The van der Waals surface area contributed by atoms with Gasteiger partial charge in [0.15, 0.2) is 0 Å². The van der Waals surface area contributed by atoms with Crippen LogP contribution < -0.4 is 10.6 Å². The van der Waals surface area contributed by atoms with Crippen LogP contribution in [-0.2, 0) is 10.8 Å². The molecular formula is C20H17N5O2S2. The lowest BCUT2D eigenvalue weighted by atomic mass is 10.2. The second-order valence-corrected chi connectivity index (χ2v) is 8.37. The van der Waals surface area contributed by atoms with Crippen LogP contribution in [0.5, 0.6) is 0 Å². The molecule has 1 amide bonds. The summed E-state index contributed by atoms with van der Waals surface area (Å²) in [4.78, 5) is 22.5. The quantitative estimate of drug-likeness (QED) is 0.501. The van der Waals surface area contributed by atoms with E-state index in [0.717, 1.165) is 11.0 Å². The number of para-hydroxylation sites is 3. The summed E-state index contributed by atoms with van der Waals surface area (Å²) >= 11 is 1.18. The van der Waals surface area contributed by atoms with Gasteiger partial charge in [-0.25, -0.2) is 4.98 Å². The maximum atomic E-state index is 13.0. The molecule has 0 aliphatic carbocycles. The fraction of sp³-hybridized carbons (Fsp3) is 0.100. The maximum Gasteiger partial charge on any atom is 0.260 e. The van der Waals surface area contributed by atoms with Crippen LogP contribution in [0.15, 0.2) is 59.6 Å². The molecule has 0 aliphatic heterocycles. The van der Waals surface area contributed by atoms with Crippen LogP contribution in [0.3, 0.4) is 0 Å². The maximum absolute atomic E-state index is 13.0. The van der Waals surface area contributed by atoms with E-state index < -0.39 is 10.8 Å². The molecule has 0 aliphatic rings. The summed E-state index contributed by atoms with van der Waals surface area (Å²) < 4.78 is 16.2. The molecule has 0 saturated heterocycles. The van der Waals surface area contributed by atoms with Crippen LogP contribution in [0.4, 0.5) is 16.5 Å². The molecule has 9 heteroatoms. The highest BCUT2D eigenvalue weighted by atomic mass is 32.2. The monoisotopic (exact) mass is 423 g/mol. The molecule has 0 saturated carbocycles. The van der Waals surface area contributed by atoms with Crippen LogP contribution >= 0.6 is 11.5 Å². The summed E-state index contributed by atoms with van der Waals surface area (Å²) in [6.45, 7) is 1.77. The first kappa shape index (κ1) is 19.2. The van der Waals surface area contributed by atoms with Gasteiger partial charge in [0.05, 0.1) is 49.9 Å². The van der Waals surface area contributed by atoms with E-state index in [0.29, 0.717) is 32.7 Å². The molecule has 0 fully saturated rings. The van der Waals surface area contributed by atoms with Crippen LogP contribution in [0.1, 0.15) is 16.1 Å². The first-order valence-corrected chi connectivity index (χ1v) is 11.0. The third-order valence-electron chi connectivity index (χ3n) is 4.22. The number of nitrogens with zero attached hydrogens (tertiary/aromatic N) is 3. The van der Waals surface area contributed by atoms with Gasteiger partial charge in [-0.1, -0.05) is 24.3 Å². The number of rotatable bonds is 5. The summed E-state index contributed by atoms with van der Waals surface area (Å²) in [7, 11) is -1.22. The molecule has 29 heavy (non-hydrogen) atoms. The minimum Gasteiger partial charge on any atom is -0.329 e. The zero-order chi connectivity index (χ0) is 20.4. The Hall–Kier alpha value is -3.17. The van der Waals surface area contributed by atoms with E-state index in [1.54, 1.807) is 43.6 Å². The molecule has 0 spiro atoms. The van der Waals surface area contributed by atoms with Gasteiger partial charge in [-0.05, 0) is 42.7 Å². The van der Waals surface area contributed by atoms with Crippen LogP contribution in [-0.4, -0.2) is 30.7 Å². The van der Waals surface area contributed by atoms with E-state index in [2.05, 4.69) is 25.0 Å². The number of anilines is 3. The van der Waals surface area contributed by atoms with Crippen molar-refractivity contribution in [3.8, 4) is 0 Å². The molecule has 1 unspecified atom stereocenters. The van der Waals surface area contributed by atoms with Gasteiger partial charge in [0.2, 0.25) is 0 Å². The summed E-state index contributed by atoms with van der Waals surface area (Å²) in [6.07, 6.45) is 3.20. The highest BCUT2D eigenvalue weighted by Crippen LogP contribution is 2.29. The van der Waals surface area contributed by atoms with Gasteiger partial charge in [-0.15, -0.1) is 0 Å². The average molecular weight is 424 g/mol. The highest BCUT2D eigenvalue weighted by molar-refractivity contribution is 7.84. The molecule has 2 heterocycles. The van der Waals surface area contributed by atoms with Crippen molar-refractivity contribution in [1.82, 2.24) is 14.3 Å². The predicted molar refractivity (Wildman–Crippen MR) is 116 cm³/mol. The van der Waals surface area contributed by atoms with Gasteiger partial charge in [-0.3, -0.25) is 14.0 Å². The second kappa shape index (κ2) is 8.06. The Kier molecular flexibility index (Phi) is 5.32. The summed E-state index contributed by atoms with van der Waals surface area (Å²) in [6, 6.07) is 14.6. The number of carbonyl (C=O) groups excluding carboxylic acids is 1. The molecule has 0 bridgehead atoms. The number of benzene rings is 2. The fourth-order valence-corrected chi connectivity index (χ4v) is 4.36. The Balaban J connectivity index is 1.63. The number of carbonyl (C=O) groups is 1. The SMILES string of the molecule is Cc1nsc(Nc2cnc3ccccc3n2)c1C(=O)Nc1ccccc1S(C)=O. The predicted octanol–water partition coefficient (Wildman–Crippen LogP) is 4.13. The second-order valence-electron chi connectivity index (χ2n) is 6.25. The number of amides is 1. The molecule has 7 nitrogen and oxygen atoms in total. The van der Waals surface area contributed by atoms with Crippen LogP contribution in [0.2, 0.25) is 0 Å². The molecule has 4 aromatic rings. The number of hydrogen-bond acceptors (Lipinski definition) is 7. The van der Waals surface area contributed by atoms with Crippen molar-refractivity contribution < 1.29 is 9.00 Å². The standard InChI is InChI=1S/C20H17N5O2S2/c1-12-18(19(26)23-15-9-5-6-10-16(15)29(2)27)20(28-25-12)24-17-11-21-13-7-3-4-8-14(13)22-17/h3-11H,1-2H3,(H,22,24)(H,23,26). The van der Waals surface area contributed by atoms with Crippen molar-refractivity contribution in [2.24, 2.45) is 0 Å². The summed E-state index contributed by atoms with van der Waals surface area (Å²) in [5, 5.41) is 6.57. The van der Waals surface area contributed by atoms with Gasteiger partial charge < -0.3 is 10.6 Å². The van der Waals surface area contributed by atoms with E-state index >= 15 is 0 Å². The van der Waals surface area contributed by atoms with Crippen molar-refractivity contribution in [3.05, 3.63) is 66.0 Å². The van der Waals surface area contributed by atoms with Crippen molar-refractivity contribution in [2.45, 2.75) is 11.8 Å². The van der Waals surface area contributed by atoms with Crippen molar-refractivity contribution in [3.63, 3.8) is 0 Å². The molecule has 4 rings (SSSR count). The van der Waals surface area contributed by atoms with Gasteiger partial charge in [0, 0.05) is 6.26 Å². The molecule has 2 aromatic heterocycles. The van der Waals surface area contributed by atoms with Gasteiger partial charge in [-0.2, -0.15) is 4.37 Å². The minimum absolute atomic E-state index is 0.328. The molecule has 146 valence electrons. The topological polar surface area (TPSA) is 96.9 Å². The van der Waals surface area contributed by atoms with Gasteiger partial charge >= 0.3 is 0 Å². The van der Waals surface area contributed by atoms with E-state index in [4.69, 9.17) is 0 Å². The van der Waals surface area contributed by atoms with E-state index in [1.807, 2.05) is 24.3 Å². The Bertz CT molecular complexity index is 1240. The average Bonchev–Trinajstić information content (AvgIpc) is 3.08. The lowest BCUT2D eigenvalue weighted by Gasteiger charge is -2.11. The number of fused-ring (bicyclic) bond motifs is 1. The number of hydrogen-bond donors (Lipinski definition) is 2. The highest BCUT2D eigenvalue weighted by Gasteiger charge is 2.20. The molecule has 1 atom stereocenters. The third kappa shape index (κ3) is 4.01. The van der Waals surface area contributed by atoms with Crippen molar-refractivity contribution in [1.29, 1.82) is 0 Å². The smallest absolute Gasteiger partial charge is 0.260 e. The first-order chi connectivity index (χ1) is 14.0. The molecular weight excluding hydrogens is 406 g/mol. The number of nitrogens with one attached hydrogen (secondary N) is 2. The van der Waals surface area contributed by atoms with Crippen LogP contribution in [0, 0.1) is 6.92 Å². The van der Waals surface area contributed by atoms with E-state index in [9.17, 15) is 9.00 Å². The lowest BCUT2D eigenvalue weighted by molar-refractivity contribution is 0.102. The molecule has 2 N–H and O–H groups in total. The minimum atomic E-state index is -1.22. The molecule has 2 aromatic carbocycles. The van der Waals surface area contributed by atoms with Crippen LogP contribution in [0.25, 0.3) is 11.0 Å². The van der Waals surface area contributed by atoms with Crippen molar-refractivity contribution >= 4 is 55.8 Å². The van der Waals surface area contributed by atoms with Gasteiger partial charge in [0.1, 0.15) is 10.8 Å². The Morgan fingerprint density at radius 3 is 2.59 bits per heavy atom. The zero-order valence-electron chi connectivity index (χ0n) is 15.7. The Morgan fingerprint density at radius 2 is 1.79 bits per heavy atom. The Morgan fingerprint density at radius 1 is 1.07 bits per heavy atom.